The Bertz CT molecular complexity index is 1300. The first kappa shape index (κ1) is 20.7. The van der Waals surface area contributed by atoms with Crippen LogP contribution in [-0.4, -0.2) is 32.5 Å². The first-order valence-electron chi connectivity index (χ1n) is 10.8. The number of rotatable bonds is 6. The highest BCUT2D eigenvalue weighted by Crippen LogP contribution is 2.28. The van der Waals surface area contributed by atoms with E-state index in [-0.39, 0.29) is 10.9 Å². The average molecular weight is 448 g/mol. The van der Waals surface area contributed by atoms with Gasteiger partial charge < -0.3 is 9.32 Å². The summed E-state index contributed by atoms with van der Waals surface area (Å²) >= 11 is 0. The predicted molar refractivity (Wildman–Crippen MR) is 126 cm³/mol. The number of nitrogens with one attached hydrogen (secondary N) is 1. The van der Waals surface area contributed by atoms with Crippen molar-refractivity contribution in [2.45, 2.75) is 30.7 Å². The Morgan fingerprint density at radius 1 is 1.00 bits per heavy atom. The van der Waals surface area contributed by atoms with Crippen molar-refractivity contribution < 1.29 is 12.8 Å². The van der Waals surface area contributed by atoms with Crippen molar-refractivity contribution in [1.29, 1.82) is 0 Å². The maximum Gasteiger partial charge on any atom is 0.298 e. The molecule has 1 aliphatic heterocycles. The summed E-state index contributed by atoms with van der Waals surface area (Å²) in [4.78, 5) is 6.90. The number of hydrogen-bond acceptors (Lipinski definition) is 5. The minimum absolute atomic E-state index is 0.00432. The molecule has 0 bridgehead atoms. The number of nitrogens with zero attached hydrogens (tertiary/aromatic N) is 2. The fourth-order valence-electron chi connectivity index (χ4n) is 4.14. The molecule has 2 heterocycles. The smallest absolute Gasteiger partial charge is 0.298 e. The number of aryl methyl sites for hydroxylation is 1. The Hall–Kier alpha value is -3.16. The second-order valence-corrected chi connectivity index (χ2v) is 9.96. The first-order valence-corrected chi connectivity index (χ1v) is 12.3. The standard InChI is InChI=1S/C25H25N3O3S/c1-18-8-10-19(11-9-18)20-12-14-22(15-13-20)32(29,30)26-17-21-5-4-16-28(21)25-27-23-6-2-3-7-24(23)31-25/h2-3,6-15,21,26H,4-5,16-17H2,1H3. The summed E-state index contributed by atoms with van der Waals surface area (Å²) in [6, 6.07) is 23.4. The summed E-state index contributed by atoms with van der Waals surface area (Å²) in [7, 11) is -3.61. The fraction of sp³-hybridized carbons (Fsp3) is 0.240. The average Bonchev–Trinajstić information content (AvgIpc) is 3.45. The van der Waals surface area contributed by atoms with E-state index in [0.29, 0.717) is 12.6 Å². The normalized spacial score (nSPS) is 16.7. The molecule has 1 N–H and O–H groups in total. The minimum Gasteiger partial charge on any atom is -0.423 e. The Labute approximate surface area is 187 Å². The third-order valence-electron chi connectivity index (χ3n) is 5.96. The minimum atomic E-state index is -3.61. The van der Waals surface area contributed by atoms with Crippen molar-refractivity contribution in [3.05, 3.63) is 78.4 Å². The lowest BCUT2D eigenvalue weighted by atomic mass is 10.0. The van der Waals surface area contributed by atoms with Crippen LogP contribution in [0.25, 0.3) is 22.2 Å². The van der Waals surface area contributed by atoms with E-state index in [1.54, 1.807) is 12.1 Å². The highest BCUT2D eigenvalue weighted by molar-refractivity contribution is 7.89. The Morgan fingerprint density at radius 2 is 1.69 bits per heavy atom. The van der Waals surface area contributed by atoms with E-state index in [1.807, 2.05) is 67.6 Å². The molecule has 1 saturated heterocycles. The molecule has 1 atom stereocenters. The Balaban J connectivity index is 1.28. The van der Waals surface area contributed by atoms with Crippen LogP contribution in [0, 0.1) is 6.92 Å². The lowest BCUT2D eigenvalue weighted by molar-refractivity contribution is 0.534. The van der Waals surface area contributed by atoms with Crippen molar-refractivity contribution in [2.75, 3.05) is 18.0 Å². The maximum atomic E-state index is 12.9. The lowest BCUT2D eigenvalue weighted by Gasteiger charge is -2.23. The van der Waals surface area contributed by atoms with Crippen molar-refractivity contribution in [1.82, 2.24) is 9.71 Å². The molecule has 1 aromatic heterocycles. The summed E-state index contributed by atoms with van der Waals surface area (Å²) in [5, 5.41) is 0. The molecule has 1 unspecified atom stereocenters. The van der Waals surface area contributed by atoms with E-state index >= 15 is 0 Å². The van der Waals surface area contributed by atoms with Gasteiger partial charge in [0.25, 0.3) is 6.01 Å². The molecule has 3 aromatic carbocycles. The molecule has 164 valence electrons. The number of hydrogen-bond donors (Lipinski definition) is 1. The molecule has 1 aliphatic rings. The largest absolute Gasteiger partial charge is 0.423 e. The molecular weight excluding hydrogens is 422 g/mol. The summed E-state index contributed by atoms with van der Waals surface area (Å²) in [6.07, 6.45) is 1.85. The van der Waals surface area contributed by atoms with Crippen LogP contribution in [0.2, 0.25) is 0 Å². The molecule has 0 radical (unpaired) electrons. The summed E-state index contributed by atoms with van der Waals surface area (Å²) in [6.45, 7) is 3.14. The topological polar surface area (TPSA) is 75.4 Å². The first-order chi connectivity index (χ1) is 15.5. The van der Waals surface area contributed by atoms with E-state index in [2.05, 4.69) is 14.6 Å². The van der Waals surface area contributed by atoms with Crippen molar-refractivity contribution >= 4 is 27.1 Å². The van der Waals surface area contributed by atoms with Crippen molar-refractivity contribution in [3.8, 4) is 11.1 Å². The van der Waals surface area contributed by atoms with Gasteiger partial charge >= 0.3 is 0 Å². The molecule has 4 aromatic rings. The summed E-state index contributed by atoms with van der Waals surface area (Å²) in [5.41, 5.74) is 4.79. The van der Waals surface area contributed by atoms with Gasteiger partial charge in [-0.1, -0.05) is 54.1 Å². The molecule has 0 saturated carbocycles. The monoisotopic (exact) mass is 447 g/mol. The van der Waals surface area contributed by atoms with E-state index in [9.17, 15) is 8.42 Å². The van der Waals surface area contributed by atoms with Crippen LogP contribution in [0.15, 0.2) is 82.1 Å². The van der Waals surface area contributed by atoms with Crippen LogP contribution in [0.5, 0.6) is 0 Å². The molecule has 1 fully saturated rings. The molecule has 0 amide bonds. The zero-order chi connectivity index (χ0) is 22.1. The Morgan fingerprint density at radius 3 is 2.41 bits per heavy atom. The van der Waals surface area contributed by atoms with Gasteiger partial charge in [-0.05, 0) is 55.2 Å². The molecule has 6 nitrogen and oxygen atoms in total. The number of para-hydroxylation sites is 2. The van der Waals surface area contributed by atoms with Gasteiger partial charge in [-0.15, -0.1) is 0 Å². The molecule has 0 spiro atoms. The molecule has 7 heteroatoms. The summed E-state index contributed by atoms with van der Waals surface area (Å²) < 4.78 is 34.5. The van der Waals surface area contributed by atoms with Gasteiger partial charge in [-0.2, -0.15) is 4.98 Å². The predicted octanol–water partition coefficient (Wildman–Crippen LogP) is 4.75. The zero-order valence-electron chi connectivity index (χ0n) is 17.9. The van der Waals surface area contributed by atoms with Gasteiger partial charge in [0.05, 0.1) is 4.90 Å². The highest BCUT2D eigenvalue weighted by atomic mass is 32.2. The van der Waals surface area contributed by atoms with Crippen LogP contribution >= 0.6 is 0 Å². The van der Waals surface area contributed by atoms with E-state index in [0.717, 1.165) is 41.6 Å². The van der Waals surface area contributed by atoms with Gasteiger partial charge in [0.15, 0.2) is 5.58 Å². The molecule has 32 heavy (non-hydrogen) atoms. The third kappa shape index (κ3) is 4.13. The van der Waals surface area contributed by atoms with Crippen LogP contribution in [0.4, 0.5) is 6.01 Å². The Kier molecular flexibility index (Phi) is 5.45. The van der Waals surface area contributed by atoms with Crippen molar-refractivity contribution in [2.24, 2.45) is 0 Å². The van der Waals surface area contributed by atoms with E-state index in [1.165, 1.54) is 5.56 Å². The lowest BCUT2D eigenvalue weighted by Crippen LogP contribution is -2.40. The zero-order valence-corrected chi connectivity index (χ0v) is 18.7. The van der Waals surface area contributed by atoms with Crippen molar-refractivity contribution in [3.63, 3.8) is 0 Å². The van der Waals surface area contributed by atoms with Gasteiger partial charge in [0, 0.05) is 19.1 Å². The quantitative estimate of drug-likeness (QED) is 0.462. The van der Waals surface area contributed by atoms with E-state index in [4.69, 9.17) is 4.42 Å². The van der Waals surface area contributed by atoms with E-state index < -0.39 is 10.0 Å². The third-order valence-corrected chi connectivity index (χ3v) is 7.40. The number of benzene rings is 3. The SMILES string of the molecule is Cc1ccc(-c2ccc(S(=O)(=O)NCC3CCCN3c3nc4ccccc4o3)cc2)cc1. The number of oxazole rings is 1. The highest BCUT2D eigenvalue weighted by Gasteiger charge is 2.29. The second-order valence-electron chi connectivity index (χ2n) is 8.20. The van der Waals surface area contributed by atoms with Crippen LogP contribution in [0.1, 0.15) is 18.4 Å². The second kappa shape index (κ2) is 8.41. The van der Waals surface area contributed by atoms with Gasteiger partial charge in [0.1, 0.15) is 5.52 Å². The van der Waals surface area contributed by atoms with Gasteiger partial charge in [-0.3, -0.25) is 0 Å². The molecule has 5 rings (SSSR count). The van der Waals surface area contributed by atoms with Gasteiger partial charge in [0.2, 0.25) is 10.0 Å². The maximum absolute atomic E-state index is 12.9. The number of sulfonamides is 1. The molecular formula is C25H25N3O3S. The van der Waals surface area contributed by atoms with Crippen LogP contribution in [0.3, 0.4) is 0 Å². The molecule has 0 aliphatic carbocycles. The number of anilines is 1. The number of fused-ring (bicyclic) bond motifs is 1. The van der Waals surface area contributed by atoms with Gasteiger partial charge in [-0.25, -0.2) is 13.1 Å². The number of aromatic nitrogens is 1. The fourth-order valence-corrected chi connectivity index (χ4v) is 5.22. The summed E-state index contributed by atoms with van der Waals surface area (Å²) in [5.74, 6) is 0. The van der Waals surface area contributed by atoms with Crippen LogP contribution < -0.4 is 9.62 Å². The van der Waals surface area contributed by atoms with Crippen LogP contribution in [-0.2, 0) is 10.0 Å².